The van der Waals surface area contributed by atoms with Crippen LogP contribution in [0, 0.1) is 0 Å². The molecule has 190 valence electrons. The van der Waals surface area contributed by atoms with E-state index in [1.807, 2.05) is 41.5 Å². The molecule has 0 amide bonds. The SMILES string of the molecule is COc1cc(C(C)(C)C)cc(-c2cc(C(C)(C)C)cc(OC)c2OC(C)(C)C)c1OC(C)(C)C. The Morgan fingerprint density at radius 2 is 0.765 bits per heavy atom. The Morgan fingerprint density at radius 1 is 0.471 bits per heavy atom. The van der Waals surface area contributed by atoms with E-state index in [4.69, 9.17) is 18.9 Å². The fraction of sp³-hybridized carbons (Fsp3) is 0.600. The summed E-state index contributed by atoms with van der Waals surface area (Å²) in [4.78, 5) is 0. The van der Waals surface area contributed by atoms with Crippen molar-refractivity contribution >= 4 is 0 Å². The second-order valence-electron chi connectivity index (χ2n) is 13.0. The van der Waals surface area contributed by atoms with E-state index < -0.39 is 11.2 Å². The van der Waals surface area contributed by atoms with Crippen molar-refractivity contribution in [2.45, 2.75) is 105 Å². The molecule has 2 aromatic rings. The summed E-state index contributed by atoms with van der Waals surface area (Å²) >= 11 is 0. The molecule has 0 heterocycles. The molecule has 0 aliphatic heterocycles. The first kappa shape index (κ1) is 27.9. The highest BCUT2D eigenvalue weighted by molar-refractivity contribution is 5.82. The largest absolute Gasteiger partial charge is 0.493 e. The number of hydrogen-bond donors (Lipinski definition) is 0. The zero-order chi connectivity index (χ0) is 26.3. The Labute approximate surface area is 208 Å². The minimum absolute atomic E-state index is 0.0843. The van der Waals surface area contributed by atoms with Crippen LogP contribution in [0.25, 0.3) is 11.1 Å². The highest BCUT2D eigenvalue weighted by Crippen LogP contribution is 2.50. The van der Waals surface area contributed by atoms with Gasteiger partial charge in [0.25, 0.3) is 0 Å². The molecule has 0 spiro atoms. The fourth-order valence-corrected chi connectivity index (χ4v) is 3.60. The molecule has 4 nitrogen and oxygen atoms in total. The van der Waals surface area contributed by atoms with Gasteiger partial charge < -0.3 is 18.9 Å². The lowest BCUT2D eigenvalue weighted by atomic mass is 9.82. The molecule has 0 unspecified atom stereocenters. The first-order valence-electron chi connectivity index (χ1n) is 12.1. The Kier molecular flexibility index (Phi) is 7.67. The summed E-state index contributed by atoms with van der Waals surface area (Å²) < 4.78 is 24.9. The molecule has 2 aromatic carbocycles. The zero-order valence-corrected chi connectivity index (χ0v) is 23.9. The summed E-state index contributed by atoms with van der Waals surface area (Å²) in [7, 11) is 3.39. The fourth-order valence-electron chi connectivity index (χ4n) is 3.60. The summed E-state index contributed by atoms with van der Waals surface area (Å²) in [5.41, 5.74) is 3.18. The molecule has 0 saturated heterocycles. The minimum atomic E-state index is -0.415. The van der Waals surface area contributed by atoms with Crippen molar-refractivity contribution in [3.63, 3.8) is 0 Å². The van der Waals surface area contributed by atoms with Crippen molar-refractivity contribution in [2.24, 2.45) is 0 Å². The van der Waals surface area contributed by atoms with E-state index in [2.05, 4.69) is 65.8 Å². The van der Waals surface area contributed by atoms with Gasteiger partial charge in [0.2, 0.25) is 0 Å². The average Bonchev–Trinajstić information content (AvgIpc) is 2.64. The number of benzene rings is 2. The molecular weight excluding hydrogens is 424 g/mol. The first-order chi connectivity index (χ1) is 15.3. The highest BCUT2D eigenvalue weighted by atomic mass is 16.5. The number of hydrogen-bond acceptors (Lipinski definition) is 4. The van der Waals surface area contributed by atoms with Gasteiger partial charge in [-0.05, 0) is 87.8 Å². The Bertz CT molecular complexity index is 923. The van der Waals surface area contributed by atoms with Gasteiger partial charge in [0.05, 0.1) is 14.2 Å². The molecule has 0 aromatic heterocycles. The summed E-state index contributed by atoms with van der Waals surface area (Å²) in [5, 5.41) is 0. The van der Waals surface area contributed by atoms with Gasteiger partial charge in [-0.25, -0.2) is 0 Å². The van der Waals surface area contributed by atoms with Crippen molar-refractivity contribution in [1.82, 2.24) is 0 Å². The van der Waals surface area contributed by atoms with Crippen LogP contribution in [0.2, 0.25) is 0 Å². The third kappa shape index (κ3) is 6.84. The summed E-state index contributed by atoms with van der Waals surface area (Å²) in [6, 6.07) is 8.58. The van der Waals surface area contributed by atoms with Crippen LogP contribution >= 0.6 is 0 Å². The topological polar surface area (TPSA) is 36.9 Å². The van der Waals surface area contributed by atoms with E-state index in [0.29, 0.717) is 23.0 Å². The molecule has 4 heteroatoms. The van der Waals surface area contributed by atoms with Crippen molar-refractivity contribution in [1.29, 1.82) is 0 Å². The van der Waals surface area contributed by atoms with Gasteiger partial charge in [-0.2, -0.15) is 0 Å². The second-order valence-corrected chi connectivity index (χ2v) is 13.0. The van der Waals surface area contributed by atoms with Gasteiger partial charge in [-0.15, -0.1) is 0 Å². The van der Waals surface area contributed by atoms with Gasteiger partial charge in [0.15, 0.2) is 23.0 Å². The molecule has 0 saturated carbocycles. The van der Waals surface area contributed by atoms with E-state index in [0.717, 1.165) is 22.3 Å². The standard InChI is InChI=1S/C30H46O4/c1-27(2,3)19-15-21(25(23(17-19)31-13)33-29(7,8)9)22-16-20(28(4,5)6)18-24(32-14)26(22)34-30(10,11)12/h15-18H,1-14H3. The van der Waals surface area contributed by atoms with Gasteiger partial charge in [-0.3, -0.25) is 0 Å². The quantitative estimate of drug-likeness (QED) is 0.440. The molecule has 0 aliphatic rings. The molecule has 0 radical (unpaired) electrons. The van der Waals surface area contributed by atoms with Crippen LogP contribution < -0.4 is 18.9 Å². The Morgan fingerprint density at radius 3 is 0.971 bits per heavy atom. The van der Waals surface area contributed by atoms with Crippen LogP contribution in [-0.4, -0.2) is 25.4 Å². The molecular formula is C30H46O4. The van der Waals surface area contributed by atoms with Gasteiger partial charge >= 0.3 is 0 Å². The second kappa shape index (κ2) is 9.36. The lowest BCUT2D eigenvalue weighted by molar-refractivity contribution is 0.123. The van der Waals surface area contributed by atoms with Crippen LogP contribution in [0.3, 0.4) is 0 Å². The van der Waals surface area contributed by atoms with Crippen LogP contribution in [0.15, 0.2) is 24.3 Å². The van der Waals surface area contributed by atoms with Gasteiger partial charge in [-0.1, -0.05) is 41.5 Å². The molecule has 0 fully saturated rings. The predicted molar refractivity (Wildman–Crippen MR) is 143 cm³/mol. The molecule has 0 bridgehead atoms. The third-order valence-corrected chi connectivity index (χ3v) is 5.39. The normalized spacial score (nSPS) is 13.0. The van der Waals surface area contributed by atoms with Gasteiger partial charge in [0.1, 0.15) is 11.2 Å². The van der Waals surface area contributed by atoms with E-state index in [-0.39, 0.29) is 10.8 Å². The highest BCUT2D eigenvalue weighted by Gasteiger charge is 2.30. The molecule has 0 atom stereocenters. The van der Waals surface area contributed by atoms with Crippen LogP contribution in [-0.2, 0) is 10.8 Å². The Balaban J connectivity index is 3.09. The molecule has 2 rings (SSSR count). The molecule has 0 aliphatic carbocycles. The smallest absolute Gasteiger partial charge is 0.169 e. The summed E-state index contributed by atoms with van der Waals surface area (Å²) in [5.74, 6) is 2.82. The summed E-state index contributed by atoms with van der Waals surface area (Å²) in [6.45, 7) is 25.5. The van der Waals surface area contributed by atoms with Crippen LogP contribution in [0.4, 0.5) is 0 Å². The third-order valence-electron chi connectivity index (χ3n) is 5.39. The zero-order valence-electron chi connectivity index (χ0n) is 23.9. The van der Waals surface area contributed by atoms with Crippen molar-refractivity contribution in [2.75, 3.05) is 14.2 Å². The first-order valence-corrected chi connectivity index (χ1v) is 12.1. The average molecular weight is 471 g/mol. The van der Waals surface area contributed by atoms with E-state index in [9.17, 15) is 0 Å². The number of rotatable bonds is 5. The van der Waals surface area contributed by atoms with Crippen LogP contribution in [0.5, 0.6) is 23.0 Å². The van der Waals surface area contributed by atoms with E-state index in [1.54, 1.807) is 14.2 Å². The number of ether oxygens (including phenoxy) is 4. The van der Waals surface area contributed by atoms with Crippen molar-refractivity contribution in [3.05, 3.63) is 35.4 Å². The lowest BCUT2D eigenvalue weighted by Crippen LogP contribution is -2.25. The van der Waals surface area contributed by atoms with E-state index in [1.165, 1.54) is 0 Å². The maximum Gasteiger partial charge on any atom is 0.169 e. The Hall–Kier alpha value is -2.36. The van der Waals surface area contributed by atoms with Crippen molar-refractivity contribution < 1.29 is 18.9 Å². The maximum absolute atomic E-state index is 6.54. The molecule has 34 heavy (non-hydrogen) atoms. The minimum Gasteiger partial charge on any atom is -0.493 e. The van der Waals surface area contributed by atoms with Crippen molar-refractivity contribution in [3.8, 4) is 34.1 Å². The van der Waals surface area contributed by atoms with Gasteiger partial charge in [0, 0.05) is 11.1 Å². The lowest BCUT2D eigenvalue weighted by Gasteiger charge is -2.31. The van der Waals surface area contributed by atoms with E-state index >= 15 is 0 Å². The monoisotopic (exact) mass is 470 g/mol. The van der Waals surface area contributed by atoms with Crippen LogP contribution in [0.1, 0.15) is 94.2 Å². The molecule has 0 N–H and O–H groups in total. The maximum atomic E-state index is 6.54. The number of methoxy groups -OCH3 is 2. The predicted octanol–water partition coefficient (Wildman–Crippen LogP) is 8.32. The summed E-state index contributed by atoms with van der Waals surface area (Å²) in [6.07, 6.45) is 0.